The molecule has 1 aliphatic rings. The van der Waals surface area contributed by atoms with Crippen LogP contribution in [0.25, 0.3) is 0 Å². The number of nitrogens with one attached hydrogen (secondary N) is 1. The van der Waals surface area contributed by atoms with E-state index in [-0.39, 0.29) is 6.10 Å². The van der Waals surface area contributed by atoms with Crippen LogP contribution in [0.2, 0.25) is 0 Å². The fourth-order valence-corrected chi connectivity index (χ4v) is 2.08. The van der Waals surface area contributed by atoms with Gasteiger partial charge < -0.3 is 19.5 Å². The molecule has 6 heteroatoms. The number of para-hydroxylation sites is 1. The summed E-state index contributed by atoms with van der Waals surface area (Å²) in [5.41, 5.74) is 2.09. The van der Waals surface area contributed by atoms with Crippen LogP contribution in [-0.4, -0.2) is 37.4 Å². The Labute approximate surface area is 134 Å². The molecule has 0 radical (unpaired) electrons. The zero-order valence-corrected chi connectivity index (χ0v) is 13.0. The van der Waals surface area contributed by atoms with E-state index < -0.39 is 5.97 Å². The van der Waals surface area contributed by atoms with E-state index in [9.17, 15) is 4.79 Å². The molecule has 0 spiro atoms. The van der Waals surface area contributed by atoms with Gasteiger partial charge in [0.15, 0.2) is 5.75 Å². The van der Waals surface area contributed by atoms with E-state index in [1.165, 1.54) is 7.11 Å². The van der Waals surface area contributed by atoms with Crippen LogP contribution in [0.1, 0.15) is 15.9 Å². The molecule has 1 atom stereocenters. The van der Waals surface area contributed by atoms with Crippen molar-refractivity contribution in [1.29, 1.82) is 0 Å². The molecule has 0 saturated carbocycles. The van der Waals surface area contributed by atoms with E-state index in [0.29, 0.717) is 36.0 Å². The summed E-state index contributed by atoms with van der Waals surface area (Å²) >= 11 is 0. The molecule has 3 rings (SSSR count). The van der Waals surface area contributed by atoms with Crippen LogP contribution in [0.5, 0.6) is 5.75 Å². The second-order valence-electron chi connectivity index (χ2n) is 5.29. The van der Waals surface area contributed by atoms with Crippen LogP contribution in [0.4, 0.5) is 11.5 Å². The Morgan fingerprint density at radius 2 is 2.22 bits per heavy atom. The van der Waals surface area contributed by atoms with Crippen molar-refractivity contribution in [3.63, 3.8) is 0 Å². The molecule has 1 saturated heterocycles. The Balaban J connectivity index is 1.89. The average molecular weight is 314 g/mol. The van der Waals surface area contributed by atoms with Gasteiger partial charge in [0.25, 0.3) is 0 Å². The fraction of sp³-hybridized carbons (Fsp3) is 0.294. The zero-order chi connectivity index (χ0) is 16.2. The minimum absolute atomic E-state index is 0.0889. The molecular weight excluding hydrogens is 296 g/mol. The van der Waals surface area contributed by atoms with Crippen molar-refractivity contribution in [3.05, 3.63) is 47.7 Å². The summed E-state index contributed by atoms with van der Waals surface area (Å²) in [6.45, 7) is 3.05. The van der Waals surface area contributed by atoms with Crippen LogP contribution in [-0.2, 0) is 9.47 Å². The summed E-state index contributed by atoms with van der Waals surface area (Å²) < 4.78 is 15.8. The average Bonchev–Trinajstić information content (AvgIpc) is 3.39. The summed E-state index contributed by atoms with van der Waals surface area (Å²) in [4.78, 5) is 16.3. The SMILES string of the molecule is COC(=O)c1cccc(Nc2ccc(C)cn2)c1OC[C@H]1CO1. The predicted molar refractivity (Wildman–Crippen MR) is 85.3 cm³/mol. The molecule has 0 aliphatic carbocycles. The molecule has 120 valence electrons. The molecule has 0 bridgehead atoms. The van der Waals surface area contributed by atoms with Gasteiger partial charge in [-0.1, -0.05) is 12.1 Å². The Morgan fingerprint density at radius 3 is 2.87 bits per heavy atom. The lowest BCUT2D eigenvalue weighted by atomic mass is 10.1. The summed E-state index contributed by atoms with van der Waals surface area (Å²) in [6, 6.07) is 9.09. The lowest BCUT2D eigenvalue weighted by Crippen LogP contribution is -2.11. The van der Waals surface area contributed by atoms with Gasteiger partial charge in [-0.15, -0.1) is 0 Å². The summed E-state index contributed by atoms with van der Waals surface area (Å²) in [5, 5.41) is 3.18. The highest BCUT2D eigenvalue weighted by atomic mass is 16.6. The van der Waals surface area contributed by atoms with Crippen LogP contribution >= 0.6 is 0 Å². The smallest absolute Gasteiger partial charge is 0.341 e. The van der Waals surface area contributed by atoms with Gasteiger partial charge in [-0.05, 0) is 30.7 Å². The number of hydrogen-bond acceptors (Lipinski definition) is 6. The number of hydrogen-bond donors (Lipinski definition) is 1. The molecular formula is C17H18N2O4. The molecule has 6 nitrogen and oxygen atoms in total. The number of carbonyl (C=O) groups is 1. The molecule has 1 aliphatic heterocycles. The van der Waals surface area contributed by atoms with Gasteiger partial charge in [-0.25, -0.2) is 9.78 Å². The number of anilines is 2. The predicted octanol–water partition coefficient (Wildman–Crippen LogP) is 2.70. The quantitative estimate of drug-likeness (QED) is 0.653. The molecule has 1 N–H and O–H groups in total. The Kier molecular flexibility index (Phi) is 4.43. The minimum Gasteiger partial charge on any atom is -0.488 e. The number of epoxide rings is 1. The molecule has 2 heterocycles. The first-order chi connectivity index (χ1) is 11.2. The molecule has 1 aromatic heterocycles. The highest BCUT2D eigenvalue weighted by molar-refractivity contribution is 5.95. The summed E-state index contributed by atoms with van der Waals surface area (Å²) in [6.07, 6.45) is 1.86. The molecule has 1 fully saturated rings. The van der Waals surface area contributed by atoms with E-state index in [1.807, 2.05) is 25.1 Å². The molecule has 2 aromatic rings. The zero-order valence-electron chi connectivity index (χ0n) is 13.0. The standard InChI is InChI=1S/C17H18N2O4/c1-11-6-7-15(18-8-11)19-14-5-3-4-13(17(20)21-2)16(14)23-10-12-9-22-12/h3-8,12H,9-10H2,1-2H3,(H,18,19)/t12-/m1/s1. The first-order valence-electron chi connectivity index (χ1n) is 7.33. The van der Waals surface area contributed by atoms with Crippen LogP contribution in [0, 0.1) is 6.92 Å². The van der Waals surface area contributed by atoms with Crippen LogP contribution in [0.15, 0.2) is 36.5 Å². The highest BCUT2D eigenvalue weighted by Crippen LogP contribution is 2.32. The van der Waals surface area contributed by atoms with Gasteiger partial charge in [0.2, 0.25) is 0 Å². The van der Waals surface area contributed by atoms with E-state index in [1.54, 1.807) is 18.3 Å². The van der Waals surface area contributed by atoms with E-state index in [0.717, 1.165) is 5.56 Å². The second-order valence-corrected chi connectivity index (χ2v) is 5.29. The second kappa shape index (κ2) is 6.66. The van der Waals surface area contributed by atoms with Gasteiger partial charge in [0.1, 0.15) is 24.1 Å². The first-order valence-corrected chi connectivity index (χ1v) is 7.33. The Hall–Kier alpha value is -2.60. The van der Waals surface area contributed by atoms with Gasteiger partial charge in [-0.3, -0.25) is 0 Å². The molecule has 0 unspecified atom stereocenters. The van der Waals surface area contributed by atoms with Crippen molar-refractivity contribution in [2.75, 3.05) is 25.6 Å². The summed E-state index contributed by atoms with van der Waals surface area (Å²) in [5.74, 6) is 0.666. The summed E-state index contributed by atoms with van der Waals surface area (Å²) in [7, 11) is 1.34. The Bertz CT molecular complexity index is 696. The first kappa shape index (κ1) is 15.3. The fourth-order valence-electron chi connectivity index (χ4n) is 2.08. The molecule has 23 heavy (non-hydrogen) atoms. The maximum atomic E-state index is 12.0. The molecule has 0 amide bonds. The van der Waals surface area contributed by atoms with Crippen LogP contribution < -0.4 is 10.1 Å². The van der Waals surface area contributed by atoms with Crippen LogP contribution in [0.3, 0.4) is 0 Å². The van der Waals surface area contributed by atoms with E-state index >= 15 is 0 Å². The number of carbonyl (C=O) groups excluding carboxylic acids is 1. The number of methoxy groups -OCH3 is 1. The van der Waals surface area contributed by atoms with Gasteiger partial charge in [-0.2, -0.15) is 0 Å². The third-order valence-electron chi connectivity index (χ3n) is 3.41. The van der Waals surface area contributed by atoms with Gasteiger partial charge in [0, 0.05) is 6.20 Å². The number of benzene rings is 1. The topological polar surface area (TPSA) is 73.0 Å². The minimum atomic E-state index is -0.447. The number of aryl methyl sites for hydroxylation is 1. The van der Waals surface area contributed by atoms with Crippen molar-refractivity contribution in [2.45, 2.75) is 13.0 Å². The van der Waals surface area contributed by atoms with E-state index in [4.69, 9.17) is 14.2 Å². The lowest BCUT2D eigenvalue weighted by Gasteiger charge is -2.15. The van der Waals surface area contributed by atoms with Gasteiger partial charge >= 0.3 is 5.97 Å². The number of ether oxygens (including phenoxy) is 3. The van der Waals surface area contributed by atoms with E-state index in [2.05, 4.69) is 10.3 Å². The van der Waals surface area contributed by atoms with Crippen molar-refractivity contribution >= 4 is 17.5 Å². The number of esters is 1. The third kappa shape index (κ3) is 3.78. The number of pyridine rings is 1. The Morgan fingerprint density at radius 1 is 1.39 bits per heavy atom. The maximum Gasteiger partial charge on any atom is 0.341 e. The monoisotopic (exact) mass is 314 g/mol. The lowest BCUT2D eigenvalue weighted by molar-refractivity contribution is 0.0595. The van der Waals surface area contributed by atoms with Crippen molar-refractivity contribution < 1.29 is 19.0 Å². The number of rotatable bonds is 6. The molecule has 1 aromatic carbocycles. The van der Waals surface area contributed by atoms with Crippen molar-refractivity contribution in [2.24, 2.45) is 0 Å². The number of aromatic nitrogens is 1. The van der Waals surface area contributed by atoms with Crippen molar-refractivity contribution in [1.82, 2.24) is 4.98 Å². The van der Waals surface area contributed by atoms with Gasteiger partial charge in [0.05, 0.1) is 19.4 Å². The van der Waals surface area contributed by atoms with Crippen molar-refractivity contribution in [3.8, 4) is 5.75 Å². The maximum absolute atomic E-state index is 12.0. The third-order valence-corrected chi connectivity index (χ3v) is 3.41. The highest BCUT2D eigenvalue weighted by Gasteiger charge is 2.25. The number of nitrogens with zero attached hydrogens (tertiary/aromatic N) is 1. The normalized spacial score (nSPS) is 15.8. The largest absolute Gasteiger partial charge is 0.488 e.